The molecule has 1 rings (SSSR count). The summed E-state index contributed by atoms with van der Waals surface area (Å²) in [7, 11) is 1.46. The van der Waals surface area contributed by atoms with Crippen molar-refractivity contribution in [2.75, 3.05) is 13.7 Å². The summed E-state index contributed by atoms with van der Waals surface area (Å²) in [6, 6.07) is 3.17. The van der Waals surface area contributed by atoms with E-state index in [0.29, 0.717) is 0 Å². The molecule has 0 aliphatic heterocycles. The fourth-order valence-corrected chi connectivity index (χ4v) is 2.02. The highest BCUT2D eigenvalue weighted by Gasteiger charge is 2.22. The lowest BCUT2D eigenvalue weighted by Gasteiger charge is -2.23. The molecule has 128 valence electrons. The number of Topliss-reactive ketones (excluding diaryl/α,β-unsaturated/α-hetero) is 1. The fourth-order valence-electron chi connectivity index (χ4n) is 1.84. The van der Waals surface area contributed by atoms with E-state index in [0.717, 1.165) is 6.07 Å². The number of carbonyl (C=O) groups is 2. The van der Waals surface area contributed by atoms with Crippen molar-refractivity contribution in [2.45, 2.75) is 38.8 Å². The Bertz CT molecular complexity index is 572. The van der Waals surface area contributed by atoms with Crippen molar-refractivity contribution in [2.24, 2.45) is 0 Å². The quantitative estimate of drug-likeness (QED) is 0.800. The molecule has 0 heterocycles. The van der Waals surface area contributed by atoms with Crippen LogP contribution in [0.5, 0.6) is 0 Å². The first-order chi connectivity index (χ1) is 10.6. The van der Waals surface area contributed by atoms with Crippen molar-refractivity contribution in [1.29, 1.82) is 0 Å². The summed E-state index contributed by atoms with van der Waals surface area (Å²) in [5, 5.41) is 2.46. The number of amides is 1. The number of alkyl carbamates (subject to hydrolysis) is 1. The summed E-state index contributed by atoms with van der Waals surface area (Å²) in [6.07, 6.45) is -0.654. The molecule has 0 aliphatic carbocycles. The second-order valence-corrected chi connectivity index (χ2v) is 6.46. The van der Waals surface area contributed by atoms with Gasteiger partial charge in [-0.2, -0.15) is 0 Å². The van der Waals surface area contributed by atoms with Gasteiger partial charge in [0.25, 0.3) is 0 Å². The standard InChI is InChI=1S/C16H21ClFNO4/c1-16(2,3)23-15(21)19-11(9-22-4)8-14(20)10-5-6-13(18)12(17)7-10/h5-7,11H,8-9H2,1-4H3,(H,19,21). The van der Waals surface area contributed by atoms with E-state index in [2.05, 4.69) is 5.32 Å². The van der Waals surface area contributed by atoms with Crippen LogP contribution in [0.1, 0.15) is 37.6 Å². The molecule has 0 saturated heterocycles. The lowest BCUT2D eigenvalue weighted by Crippen LogP contribution is -2.42. The number of methoxy groups -OCH3 is 1. The number of halogens is 2. The molecule has 1 aromatic rings. The maximum atomic E-state index is 13.1. The molecule has 1 amide bonds. The molecule has 1 aromatic carbocycles. The molecule has 7 heteroatoms. The fraction of sp³-hybridized carbons (Fsp3) is 0.500. The molecule has 1 unspecified atom stereocenters. The van der Waals surface area contributed by atoms with E-state index in [-0.39, 0.29) is 29.4 Å². The van der Waals surface area contributed by atoms with Gasteiger partial charge in [-0.05, 0) is 39.0 Å². The summed E-state index contributed by atoms with van der Waals surface area (Å²) >= 11 is 5.67. The predicted octanol–water partition coefficient (Wildman–Crippen LogP) is 3.59. The van der Waals surface area contributed by atoms with Crippen LogP contribution in [0.3, 0.4) is 0 Å². The number of hydrogen-bond acceptors (Lipinski definition) is 4. The Morgan fingerprint density at radius 1 is 1.35 bits per heavy atom. The second-order valence-electron chi connectivity index (χ2n) is 6.05. The molecule has 1 N–H and O–H groups in total. The van der Waals surface area contributed by atoms with Gasteiger partial charge < -0.3 is 14.8 Å². The minimum Gasteiger partial charge on any atom is -0.444 e. The molecule has 0 spiro atoms. The van der Waals surface area contributed by atoms with E-state index in [4.69, 9.17) is 21.1 Å². The molecule has 0 fully saturated rings. The molecular weight excluding hydrogens is 325 g/mol. The Balaban J connectivity index is 2.72. The third-order valence-corrected chi connectivity index (χ3v) is 3.05. The molecule has 23 heavy (non-hydrogen) atoms. The maximum Gasteiger partial charge on any atom is 0.407 e. The van der Waals surface area contributed by atoms with Crippen LogP contribution in [-0.2, 0) is 9.47 Å². The van der Waals surface area contributed by atoms with E-state index < -0.39 is 23.6 Å². The zero-order chi connectivity index (χ0) is 17.6. The number of hydrogen-bond donors (Lipinski definition) is 1. The molecule has 0 aliphatic rings. The topological polar surface area (TPSA) is 64.6 Å². The van der Waals surface area contributed by atoms with E-state index in [9.17, 15) is 14.0 Å². The third-order valence-electron chi connectivity index (χ3n) is 2.76. The van der Waals surface area contributed by atoms with Crippen LogP contribution >= 0.6 is 11.6 Å². The number of rotatable bonds is 6. The van der Waals surface area contributed by atoms with E-state index in [1.165, 1.54) is 19.2 Å². The van der Waals surface area contributed by atoms with Crippen LogP contribution in [-0.4, -0.2) is 37.2 Å². The van der Waals surface area contributed by atoms with E-state index >= 15 is 0 Å². The van der Waals surface area contributed by atoms with Crippen molar-refractivity contribution in [1.82, 2.24) is 5.32 Å². The van der Waals surface area contributed by atoms with Gasteiger partial charge in [0, 0.05) is 19.1 Å². The van der Waals surface area contributed by atoms with Crippen LogP contribution in [0, 0.1) is 5.82 Å². The zero-order valence-electron chi connectivity index (χ0n) is 13.6. The zero-order valence-corrected chi connectivity index (χ0v) is 14.4. The van der Waals surface area contributed by atoms with Crippen LogP contribution in [0.15, 0.2) is 18.2 Å². The van der Waals surface area contributed by atoms with Gasteiger partial charge in [0.2, 0.25) is 0 Å². The van der Waals surface area contributed by atoms with Gasteiger partial charge in [-0.25, -0.2) is 9.18 Å². The minimum atomic E-state index is -0.643. The first-order valence-corrected chi connectivity index (χ1v) is 7.47. The molecule has 0 bridgehead atoms. The second kappa shape index (κ2) is 8.26. The molecule has 5 nitrogen and oxygen atoms in total. The van der Waals surface area contributed by atoms with Crippen LogP contribution in [0.2, 0.25) is 5.02 Å². The van der Waals surface area contributed by atoms with Crippen molar-refractivity contribution in [3.8, 4) is 0 Å². The Morgan fingerprint density at radius 2 is 2.00 bits per heavy atom. The van der Waals surface area contributed by atoms with Gasteiger partial charge in [0.15, 0.2) is 5.78 Å². The first kappa shape index (κ1) is 19.4. The number of carbonyl (C=O) groups excluding carboxylic acids is 2. The number of ether oxygens (including phenoxy) is 2. The minimum absolute atomic E-state index is 0.0188. The number of ketones is 1. The molecule has 1 atom stereocenters. The molecule has 0 saturated carbocycles. The van der Waals surface area contributed by atoms with Gasteiger partial charge in [0.05, 0.1) is 17.7 Å². The Kier molecular flexibility index (Phi) is 6.97. The first-order valence-electron chi connectivity index (χ1n) is 7.09. The van der Waals surface area contributed by atoms with Gasteiger partial charge >= 0.3 is 6.09 Å². The smallest absolute Gasteiger partial charge is 0.407 e. The van der Waals surface area contributed by atoms with E-state index in [1.54, 1.807) is 20.8 Å². The van der Waals surface area contributed by atoms with Gasteiger partial charge in [-0.3, -0.25) is 4.79 Å². The van der Waals surface area contributed by atoms with Crippen LogP contribution in [0.4, 0.5) is 9.18 Å². The normalized spacial score (nSPS) is 12.6. The molecular formula is C16H21ClFNO4. The molecule has 0 radical (unpaired) electrons. The summed E-state index contributed by atoms with van der Waals surface area (Å²) < 4.78 is 23.3. The summed E-state index contributed by atoms with van der Waals surface area (Å²) in [6.45, 7) is 5.36. The summed E-state index contributed by atoms with van der Waals surface area (Å²) in [4.78, 5) is 24.0. The average molecular weight is 346 g/mol. The largest absolute Gasteiger partial charge is 0.444 e. The Hall–Kier alpha value is -1.66. The maximum absolute atomic E-state index is 13.1. The Labute approximate surface area is 140 Å². The monoisotopic (exact) mass is 345 g/mol. The number of benzene rings is 1. The molecule has 0 aromatic heterocycles. The van der Waals surface area contributed by atoms with Gasteiger partial charge in [0.1, 0.15) is 11.4 Å². The van der Waals surface area contributed by atoms with Crippen molar-refractivity contribution < 1.29 is 23.5 Å². The summed E-state index contributed by atoms with van der Waals surface area (Å²) in [5.74, 6) is -0.881. The average Bonchev–Trinajstić information content (AvgIpc) is 2.39. The van der Waals surface area contributed by atoms with Crippen molar-refractivity contribution >= 4 is 23.5 Å². The van der Waals surface area contributed by atoms with Crippen LogP contribution < -0.4 is 5.32 Å². The van der Waals surface area contributed by atoms with E-state index in [1.807, 2.05) is 0 Å². The van der Waals surface area contributed by atoms with Crippen molar-refractivity contribution in [3.05, 3.63) is 34.6 Å². The summed E-state index contributed by atoms with van der Waals surface area (Å²) in [5.41, 5.74) is -0.376. The van der Waals surface area contributed by atoms with Gasteiger partial charge in [-0.1, -0.05) is 11.6 Å². The van der Waals surface area contributed by atoms with Crippen LogP contribution in [0.25, 0.3) is 0 Å². The highest BCUT2D eigenvalue weighted by molar-refractivity contribution is 6.31. The van der Waals surface area contributed by atoms with Gasteiger partial charge in [-0.15, -0.1) is 0 Å². The SMILES string of the molecule is COCC(CC(=O)c1ccc(F)c(Cl)c1)NC(=O)OC(C)(C)C. The highest BCUT2D eigenvalue weighted by Crippen LogP contribution is 2.17. The Morgan fingerprint density at radius 3 is 2.52 bits per heavy atom. The predicted molar refractivity (Wildman–Crippen MR) is 85.4 cm³/mol. The number of nitrogens with one attached hydrogen (secondary N) is 1. The lowest BCUT2D eigenvalue weighted by atomic mass is 10.0. The highest BCUT2D eigenvalue weighted by atomic mass is 35.5. The van der Waals surface area contributed by atoms with Crippen molar-refractivity contribution in [3.63, 3.8) is 0 Å². The lowest BCUT2D eigenvalue weighted by molar-refractivity contribution is 0.0464. The third kappa shape index (κ3) is 6.97.